The van der Waals surface area contributed by atoms with E-state index in [1.807, 2.05) is 30.3 Å². The zero-order valence-corrected chi connectivity index (χ0v) is 14.5. The summed E-state index contributed by atoms with van der Waals surface area (Å²) in [6.45, 7) is 2.34. The minimum atomic E-state index is -0.504. The molecule has 0 heterocycles. The lowest BCUT2D eigenvalue weighted by Gasteiger charge is -2.08. The highest BCUT2D eigenvalue weighted by Crippen LogP contribution is 2.20. The highest BCUT2D eigenvalue weighted by atomic mass is 35.5. The average Bonchev–Trinajstić information content (AvgIpc) is 2.59. The molecule has 0 aliphatic carbocycles. The van der Waals surface area contributed by atoms with Crippen molar-refractivity contribution >= 4 is 23.2 Å². The van der Waals surface area contributed by atoms with Crippen LogP contribution in [-0.2, 0) is 11.2 Å². The summed E-state index contributed by atoms with van der Waals surface area (Å²) < 4.78 is 0. The number of phenolic OH excluding ortho intramolecular Hbond substituents is 1. The molecule has 0 fully saturated rings. The van der Waals surface area contributed by atoms with Crippen LogP contribution in [0.3, 0.4) is 0 Å². The van der Waals surface area contributed by atoms with Crippen molar-refractivity contribution in [2.45, 2.75) is 13.3 Å². The molecule has 1 amide bonds. The number of nitrogens with one attached hydrogen (secondary N) is 2. The first-order chi connectivity index (χ1) is 12.0. The van der Waals surface area contributed by atoms with E-state index in [9.17, 15) is 9.90 Å². The van der Waals surface area contributed by atoms with Crippen molar-refractivity contribution in [1.29, 1.82) is 5.26 Å². The number of nitrogens with zero attached hydrogens (tertiary/aromatic N) is 1. The second kappa shape index (κ2) is 8.76. The fourth-order valence-electron chi connectivity index (χ4n) is 2.17. The standard InChI is InChI=1S/C19H18ClN3O2/c1-13-10-17(24)6-7-18(13)23-19(25)15(11-21)12-22-9-8-14-2-4-16(20)5-3-14/h2-7,10,12,22,24H,8-9H2,1H3,(H,23,25)/b15-12-. The number of carbonyl (C=O) groups is 1. The van der Waals surface area contributed by atoms with Crippen LogP contribution in [0.2, 0.25) is 5.02 Å². The van der Waals surface area contributed by atoms with Crippen molar-refractivity contribution in [3.63, 3.8) is 0 Å². The minimum absolute atomic E-state index is 0.0245. The Hall–Kier alpha value is -2.97. The van der Waals surface area contributed by atoms with Gasteiger partial charge in [-0.15, -0.1) is 0 Å². The monoisotopic (exact) mass is 355 g/mol. The third-order valence-corrected chi connectivity index (χ3v) is 3.79. The van der Waals surface area contributed by atoms with Gasteiger partial charge in [0.05, 0.1) is 0 Å². The molecule has 128 valence electrons. The third-order valence-electron chi connectivity index (χ3n) is 3.54. The fraction of sp³-hybridized carbons (Fsp3) is 0.158. The highest BCUT2D eigenvalue weighted by Gasteiger charge is 2.10. The molecule has 25 heavy (non-hydrogen) atoms. The Morgan fingerprint density at radius 3 is 2.64 bits per heavy atom. The molecule has 0 bridgehead atoms. The molecule has 2 aromatic rings. The molecule has 0 aliphatic heterocycles. The molecular weight excluding hydrogens is 338 g/mol. The van der Waals surface area contributed by atoms with E-state index in [1.165, 1.54) is 18.3 Å². The Kier molecular flexibility index (Phi) is 6.44. The smallest absolute Gasteiger partial charge is 0.267 e. The normalized spacial score (nSPS) is 10.8. The van der Waals surface area contributed by atoms with Crippen molar-refractivity contribution < 1.29 is 9.90 Å². The predicted octanol–water partition coefficient (Wildman–Crippen LogP) is 3.53. The molecule has 5 nitrogen and oxygen atoms in total. The summed E-state index contributed by atoms with van der Waals surface area (Å²) in [5, 5.41) is 24.9. The number of hydrogen-bond donors (Lipinski definition) is 3. The van der Waals surface area contributed by atoms with E-state index in [2.05, 4.69) is 10.6 Å². The summed E-state index contributed by atoms with van der Waals surface area (Å²) in [4.78, 5) is 12.2. The molecule has 3 N–H and O–H groups in total. The van der Waals surface area contributed by atoms with E-state index >= 15 is 0 Å². The Balaban J connectivity index is 1.91. The zero-order chi connectivity index (χ0) is 18.2. The molecule has 0 spiro atoms. The predicted molar refractivity (Wildman–Crippen MR) is 98.3 cm³/mol. The SMILES string of the molecule is Cc1cc(O)ccc1NC(=O)/C(C#N)=C\NCCc1ccc(Cl)cc1. The number of hydrogen-bond acceptors (Lipinski definition) is 4. The Labute approximate surface area is 151 Å². The number of aromatic hydroxyl groups is 1. The summed E-state index contributed by atoms with van der Waals surface area (Å²) in [5.41, 5.74) is 2.34. The van der Waals surface area contributed by atoms with Crippen LogP contribution in [0.15, 0.2) is 54.2 Å². The summed E-state index contributed by atoms with van der Waals surface area (Å²) >= 11 is 5.83. The molecule has 6 heteroatoms. The van der Waals surface area contributed by atoms with Gasteiger partial charge in [0.2, 0.25) is 0 Å². The topological polar surface area (TPSA) is 85.2 Å². The van der Waals surface area contributed by atoms with Gasteiger partial charge in [-0.05, 0) is 54.8 Å². The molecule has 0 aromatic heterocycles. The van der Waals surface area contributed by atoms with Crippen LogP contribution in [0.25, 0.3) is 0 Å². The van der Waals surface area contributed by atoms with Crippen LogP contribution < -0.4 is 10.6 Å². The van der Waals surface area contributed by atoms with Crippen molar-refractivity contribution in [2.75, 3.05) is 11.9 Å². The van der Waals surface area contributed by atoms with Crippen LogP contribution in [-0.4, -0.2) is 17.6 Å². The van der Waals surface area contributed by atoms with Gasteiger partial charge in [0.15, 0.2) is 0 Å². The van der Waals surface area contributed by atoms with Crippen LogP contribution in [0, 0.1) is 18.3 Å². The number of benzene rings is 2. The largest absolute Gasteiger partial charge is 0.508 e. The lowest BCUT2D eigenvalue weighted by atomic mass is 10.1. The molecule has 2 rings (SSSR count). The number of anilines is 1. The van der Waals surface area contributed by atoms with Gasteiger partial charge in [-0.3, -0.25) is 4.79 Å². The minimum Gasteiger partial charge on any atom is -0.508 e. The summed E-state index contributed by atoms with van der Waals surface area (Å²) in [5.74, 6) is -0.384. The van der Waals surface area contributed by atoms with E-state index < -0.39 is 5.91 Å². The maximum absolute atomic E-state index is 12.2. The van der Waals surface area contributed by atoms with E-state index in [0.717, 1.165) is 12.0 Å². The average molecular weight is 356 g/mol. The van der Waals surface area contributed by atoms with Crippen LogP contribution in [0.5, 0.6) is 5.75 Å². The molecule has 0 saturated carbocycles. The first kappa shape index (κ1) is 18.4. The number of amides is 1. The van der Waals surface area contributed by atoms with E-state index in [1.54, 1.807) is 13.0 Å². The van der Waals surface area contributed by atoms with E-state index in [-0.39, 0.29) is 11.3 Å². The van der Waals surface area contributed by atoms with Crippen molar-refractivity contribution in [1.82, 2.24) is 5.32 Å². The van der Waals surface area contributed by atoms with Crippen molar-refractivity contribution in [3.05, 3.63) is 70.4 Å². The lowest BCUT2D eigenvalue weighted by molar-refractivity contribution is -0.112. The molecular formula is C19H18ClN3O2. The van der Waals surface area contributed by atoms with E-state index in [0.29, 0.717) is 22.8 Å². The van der Waals surface area contributed by atoms with Gasteiger partial charge in [0, 0.05) is 23.5 Å². The summed E-state index contributed by atoms with van der Waals surface area (Å²) in [6.07, 6.45) is 2.14. The maximum atomic E-state index is 12.2. The Morgan fingerprint density at radius 1 is 1.28 bits per heavy atom. The fourth-order valence-corrected chi connectivity index (χ4v) is 2.29. The number of halogens is 1. The molecule has 0 atom stereocenters. The van der Waals surface area contributed by atoms with Crippen LogP contribution in [0.1, 0.15) is 11.1 Å². The number of nitriles is 1. The number of phenols is 1. The zero-order valence-electron chi connectivity index (χ0n) is 13.7. The van der Waals surface area contributed by atoms with Crippen LogP contribution in [0.4, 0.5) is 5.69 Å². The van der Waals surface area contributed by atoms with E-state index in [4.69, 9.17) is 16.9 Å². The second-order valence-electron chi connectivity index (χ2n) is 5.45. The van der Waals surface area contributed by atoms with Gasteiger partial charge in [-0.2, -0.15) is 5.26 Å². The number of carbonyl (C=O) groups excluding carboxylic acids is 1. The van der Waals surface area contributed by atoms with Gasteiger partial charge < -0.3 is 15.7 Å². The van der Waals surface area contributed by atoms with Gasteiger partial charge in [-0.1, -0.05) is 23.7 Å². The molecule has 0 aliphatic rings. The molecule has 0 saturated heterocycles. The number of rotatable bonds is 6. The highest BCUT2D eigenvalue weighted by molar-refractivity contribution is 6.30. The maximum Gasteiger partial charge on any atom is 0.267 e. The van der Waals surface area contributed by atoms with Crippen molar-refractivity contribution in [3.8, 4) is 11.8 Å². The van der Waals surface area contributed by atoms with Gasteiger partial charge in [-0.25, -0.2) is 0 Å². The van der Waals surface area contributed by atoms with Gasteiger partial charge >= 0.3 is 0 Å². The summed E-state index contributed by atoms with van der Waals surface area (Å²) in [6, 6.07) is 14.0. The Bertz CT molecular complexity index is 824. The quantitative estimate of drug-likeness (QED) is 0.320. The second-order valence-corrected chi connectivity index (χ2v) is 5.89. The lowest BCUT2D eigenvalue weighted by Crippen LogP contribution is -2.18. The first-order valence-corrected chi connectivity index (χ1v) is 8.06. The summed E-state index contributed by atoms with van der Waals surface area (Å²) in [7, 11) is 0. The van der Waals surface area contributed by atoms with Crippen LogP contribution >= 0.6 is 11.6 Å². The molecule has 2 aromatic carbocycles. The first-order valence-electron chi connectivity index (χ1n) is 7.68. The Morgan fingerprint density at radius 2 is 2.00 bits per heavy atom. The van der Waals surface area contributed by atoms with Gasteiger partial charge in [0.1, 0.15) is 17.4 Å². The molecule has 0 radical (unpaired) electrons. The third kappa shape index (κ3) is 5.55. The van der Waals surface area contributed by atoms with Gasteiger partial charge in [0.25, 0.3) is 5.91 Å². The molecule has 0 unspecified atom stereocenters. The van der Waals surface area contributed by atoms with Crippen molar-refractivity contribution in [2.24, 2.45) is 0 Å². The number of aryl methyl sites for hydroxylation is 1.